The van der Waals surface area contributed by atoms with Crippen LogP contribution in [0, 0.1) is 0 Å². The molecule has 5 rings (SSSR count). The number of alkyl halides is 2. The molecule has 0 aliphatic carbocycles. The SMILES string of the molecule is CC(C)c1cnc(N2C[C@H](O)[C@H]2C)c2cnc(Nc3ccnc(N4C[C@@H](F)[C@@H](O)[C@@](C)(F)C4)n3)cc12. The third-order valence-corrected chi connectivity index (χ3v) is 7.14. The molecule has 0 radical (unpaired) electrons. The molecule has 0 bridgehead atoms. The lowest BCUT2D eigenvalue weighted by Crippen LogP contribution is -2.59. The zero-order valence-electron chi connectivity index (χ0n) is 20.7. The van der Waals surface area contributed by atoms with Gasteiger partial charge in [-0.1, -0.05) is 13.8 Å². The number of rotatable bonds is 5. The quantitative estimate of drug-likeness (QED) is 0.488. The Morgan fingerprint density at radius 1 is 1.11 bits per heavy atom. The molecule has 0 aromatic carbocycles. The van der Waals surface area contributed by atoms with E-state index in [-0.39, 0.29) is 37.1 Å². The number of nitrogens with zero attached hydrogens (tertiary/aromatic N) is 6. The molecule has 3 aromatic heterocycles. The molecule has 11 heteroatoms. The predicted octanol–water partition coefficient (Wildman–Crippen LogP) is 3.10. The second-order valence-corrected chi connectivity index (χ2v) is 10.3. The Balaban J connectivity index is 1.44. The van der Waals surface area contributed by atoms with Crippen molar-refractivity contribution in [1.82, 2.24) is 19.9 Å². The molecule has 3 aromatic rings. The number of anilines is 4. The molecular weight excluding hydrogens is 468 g/mol. The van der Waals surface area contributed by atoms with Crippen LogP contribution < -0.4 is 15.1 Å². The van der Waals surface area contributed by atoms with Gasteiger partial charge in [-0.05, 0) is 42.8 Å². The lowest BCUT2D eigenvalue weighted by molar-refractivity contribution is -0.0545. The Bertz CT molecular complexity index is 1270. The van der Waals surface area contributed by atoms with E-state index in [4.69, 9.17) is 0 Å². The summed E-state index contributed by atoms with van der Waals surface area (Å²) in [7, 11) is 0. The van der Waals surface area contributed by atoms with Crippen LogP contribution in [-0.4, -0.2) is 79.9 Å². The topological polar surface area (TPSA) is 111 Å². The number of aliphatic hydroxyl groups is 2. The molecule has 5 atom stereocenters. The maximum atomic E-state index is 14.7. The van der Waals surface area contributed by atoms with E-state index in [1.54, 1.807) is 12.3 Å². The maximum absolute atomic E-state index is 14.7. The number of halogens is 2. The minimum absolute atomic E-state index is 0.0196. The molecule has 3 N–H and O–H groups in total. The summed E-state index contributed by atoms with van der Waals surface area (Å²) in [4.78, 5) is 21.3. The smallest absolute Gasteiger partial charge is 0.227 e. The van der Waals surface area contributed by atoms with E-state index in [0.717, 1.165) is 22.2 Å². The van der Waals surface area contributed by atoms with Crippen LogP contribution in [0.3, 0.4) is 0 Å². The van der Waals surface area contributed by atoms with Crippen molar-refractivity contribution >= 4 is 34.2 Å². The Hall–Kier alpha value is -3.18. The first kappa shape index (κ1) is 24.5. The van der Waals surface area contributed by atoms with Gasteiger partial charge in [-0.2, -0.15) is 4.98 Å². The normalized spacial score (nSPS) is 28.5. The second kappa shape index (κ2) is 9.04. The molecule has 2 saturated heterocycles. The molecule has 9 nitrogen and oxygen atoms in total. The number of fused-ring (bicyclic) bond motifs is 1. The molecule has 192 valence electrons. The van der Waals surface area contributed by atoms with Crippen LogP contribution in [0.4, 0.5) is 32.2 Å². The highest BCUT2D eigenvalue weighted by atomic mass is 19.2. The van der Waals surface area contributed by atoms with Crippen LogP contribution in [0.2, 0.25) is 0 Å². The third-order valence-electron chi connectivity index (χ3n) is 7.14. The third kappa shape index (κ3) is 4.30. The van der Waals surface area contributed by atoms with Gasteiger partial charge >= 0.3 is 0 Å². The lowest BCUT2D eigenvalue weighted by atomic mass is 9.92. The molecule has 0 saturated carbocycles. The van der Waals surface area contributed by atoms with E-state index in [9.17, 15) is 19.0 Å². The fourth-order valence-corrected chi connectivity index (χ4v) is 4.84. The summed E-state index contributed by atoms with van der Waals surface area (Å²) in [6.07, 6.45) is 1.34. The van der Waals surface area contributed by atoms with Crippen LogP contribution in [0.25, 0.3) is 10.8 Å². The summed E-state index contributed by atoms with van der Waals surface area (Å²) in [6, 6.07) is 3.57. The van der Waals surface area contributed by atoms with Crippen LogP contribution in [0.5, 0.6) is 0 Å². The molecular formula is C25H31F2N7O2. The zero-order valence-corrected chi connectivity index (χ0v) is 20.7. The Labute approximate surface area is 208 Å². The molecule has 36 heavy (non-hydrogen) atoms. The van der Waals surface area contributed by atoms with Gasteiger partial charge in [0.25, 0.3) is 0 Å². The summed E-state index contributed by atoms with van der Waals surface area (Å²) in [6.45, 7) is 7.45. The van der Waals surface area contributed by atoms with Crippen molar-refractivity contribution in [3.05, 3.63) is 36.3 Å². The average Bonchev–Trinajstić information content (AvgIpc) is 2.84. The van der Waals surface area contributed by atoms with Crippen LogP contribution in [-0.2, 0) is 0 Å². The Morgan fingerprint density at radius 3 is 2.56 bits per heavy atom. The predicted molar refractivity (Wildman–Crippen MR) is 134 cm³/mol. The monoisotopic (exact) mass is 499 g/mol. The summed E-state index contributed by atoms with van der Waals surface area (Å²) in [5.41, 5.74) is -1.05. The van der Waals surface area contributed by atoms with E-state index in [1.807, 2.05) is 19.2 Å². The molecule has 5 heterocycles. The van der Waals surface area contributed by atoms with E-state index < -0.39 is 17.9 Å². The highest BCUT2D eigenvalue weighted by molar-refractivity contribution is 5.96. The van der Waals surface area contributed by atoms with Gasteiger partial charge < -0.3 is 25.3 Å². The molecule has 2 aliphatic heterocycles. The largest absolute Gasteiger partial charge is 0.389 e. The second-order valence-electron chi connectivity index (χ2n) is 10.3. The highest BCUT2D eigenvalue weighted by Crippen LogP contribution is 2.36. The van der Waals surface area contributed by atoms with Gasteiger partial charge in [0, 0.05) is 30.5 Å². The first-order valence-electron chi connectivity index (χ1n) is 12.1. The van der Waals surface area contributed by atoms with Crippen LogP contribution in [0.15, 0.2) is 30.7 Å². The fourth-order valence-electron chi connectivity index (χ4n) is 4.84. The Kier molecular flexibility index (Phi) is 6.16. The van der Waals surface area contributed by atoms with Gasteiger partial charge in [0.05, 0.1) is 25.2 Å². The van der Waals surface area contributed by atoms with E-state index in [2.05, 4.69) is 44.0 Å². The van der Waals surface area contributed by atoms with E-state index >= 15 is 0 Å². The van der Waals surface area contributed by atoms with Gasteiger partial charge in [-0.15, -0.1) is 0 Å². The van der Waals surface area contributed by atoms with Crippen molar-refractivity contribution in [3.8, 4) is 0 Å². The number of hydrogen-bond acceptors (Lipinski definition) is 9. The number of hydrogen-bond donors (Lipinski definition) is 3. The zero-order chi connectivity index (χ0) is 25.8. The maximum Gasteiger partial charge on any atom is 0.227 e. The number of piperidine rings is 1. The molecule has 0 amide bonds. The minimum atomic E-state index is -2.12. The lowest BCUT2D eigenvalue weighted by Gasteiger charge is -2.44. The summed E-state index contributed by atoms with van der Waals surface area (Å²) in [5, 5.41) is 24.9. The van der Waals surface area contributed by atoms with Crippen molar-refractivity contribution in [2.75, 3.05) is 34.8 Å². The summed E-state index contributed by atoms with van der Waals surface area (Å²) in [5.74, 6) is 2.16. The first-order valence-corrected chi connectivity index (χ1v) is 12.1. The molecule has 0 unspecified atom stereocenters. The highest BCUT2D eigenvalue weighted by Gasteiger charge is 2.46. The minimum Gasteiger partial charge on any atom is -0.389 e. The van der Waals surface area contributed by atoms with Crippen LogP contribution in [0.1, 0.15) is 39.2 Å². The van der Waals surface area contributed by atoms with E-state index in [1.165, 1.54) is 18.0 Å². The number of aliphatic hydroxyl groups excluding tert-OH is 2. The van der Waals surface area contributed by atoms with Crippen LogP contribution >= 0.6 is 0 Å². The average molecular weight is 500 g/mol. The van der Waals surface area contributed by atoms with Gasteiger partial charge in [-0.3, -0.25) is 0 Å². The first-order chi connectivity index (χ1) is 17.0. The van der Waals surface area contributed by atoms with Gasteiger partial charge in [-0.25, -0.2) is 23.7 Å². The van der Waals surface area contributed by atoms with Gasteiger partial charge in [0.1, 0.15) is 29.7 Å². The standard InChI is InChI=1S/C25H31F2N7O2/c1-13(2)16-8-30-23(34-11-19(35)14(34)3)17-9-29-21(7-15(16)17)31-20-5-6-28-24(32-20)33-10-18(26)22(36)25(4,27)12-33/h5-9,13-14,18-19,22,35-36H,10-12H2,1-4H3,(H,28,29,31,32)/t14-,18-,19+,22-,25+/m1/s1. The van der Waals surface area contributed by atoms with E-state index in [0.29, 0.717) is 18.2 Å². The van der Waals surface area contributed by atoms with Crippen molar-refractivity contribution in [2.24, 2.45) is 0 Å². The Morgan fingerprint density at radius 2 is 1.89 bits per heavy atom. The summed E-state index contributed by atoms with van der Waals surface area (Å²) >= 11 is 0. The van der Waals surface area contributed by atoms with Gasteiger partial charge in [0.2, 0.25) is 5.95 Å². The molecule has 0 spiro atoms. The van der Waals surface area contributed by atoms with Crippen molar-refractivity contribution < 1.29 is 19.0 Å². The van der Waals surface area contributed by atoms with Crippen molar-refractivity contribution in [1.29, 1.82) is 0 Å². The molecule has 2 aliphatic rings. The number of β-amino-alcohol motifs (C(OH)–C–C–N with tert-alkyl or cyclic N) is 1. The summed E-state index contributed by atoms with van der Waals surface area (Å²) < 4.78 is 28.9. The van der Waals surface area contributed by atoms with Crippen molar-refractivity contribution in [3.63, 3.8) is 0 Å². The molecule has 2 fully saturated rings. The van der Waals surface area contributed by atoms with Crippen molar-refractivity contribution in [2.45, 2.75) is 63.7 Å². The fraction of sp³-hybridized carbons (Fsp3) is 0.520. The number of pyridine rings is 2. The number of nitrogens with one attached hydrogen (secondary N) is 1. The number of aromatic nitrogens is 4. The van der Waals surface area contributed by atoms with Gasteiger partial charge in [0.15, 0.2) is 5.67 Å².